The van der Waals surface area contributed by atoms with Gasteiger partial charge in [0.1, 0.15) is 5.82 Å². The number of hydrogen-bond donors (Lipinski definition) is 2. The predicted octanol–water partition coefficient (Wildman–Crippen LogP) is 5.80. The number of hydrogen-bond acceptors (Lipinski definition) is 5. The molecule has 0 atom stereocenters. The molecule has 0 amide bonds. The summed E-state index contributed by atoms with van der Waals surface area (Å²) in [5.41, 5.74) is 2.20. The summed E-state index contributed by atoms with van der Waals surface area (Å²) in [5, 5.41) is 7.63. The fourth-order valence-electron chi connectivity index (χ4n) is 2.29. The lowest BCUT2D eigenvalue weighted by atomic mass is 10.1. The number of nitrogens with zero attached hydrogens (tertiary/aromatic N) is 3. The van der Waals surface area contributed by atoms with Crippen molar-refractivity contribution in [2.24, 2.45) is 0 Å². The molecule has 26 heavy (non-hydrogen) atoms. The Hall–Kier alpha value is -2.37. The predicted molar refractivity (Wildman–Crippen MR) is 108 cm³/mol. The molecule has 0 aliphatic heterocycles. The van der Waals surface area contributed by atoms with Gasteiger partial charge in [-0.15, -0.1) is 0 Å². The van der Waals surface area contributed by atoms with Gasteiger partial charge in [0.2, 0.25) is 5.95 Å². The first kappa shape index (κ1) is 18.4. The average molecular weight is 388 g/mol. The van der Waals surface area contributed by atoms with Gasteiger partial charge in [0.25, 0.3) is 0 Å². The van der Waals surface area contributed by atoms with Gasteiger partial charge >= 0.3 is 0 Å². The highest BCUT2D eigenvalue weighted by Crippen LogP contribution is 2.29. The van der Waals surface area contributed by atoms with Crippen molar-refractivity contribution in [1.82, 2.24) is 15.0 Å². The van der Waals surface area contributed by atoms with E-state index in [1.807, 2.05) is 24.3 Å². The van der Waals surface area contributed by atoms with Gasteiger partial charge in [-0.1, -0.05) is 23.2 Å². The lowest BCUT2D eigenvalue weighted by Gasteiger charge is -2.21. The Labute approximate surface area is 162 Å². The zero-order chi connectivity index (χ0) is 18.7. The molecule has 0 radical (unpaired) electrons. The quantitative estimate of drug-likeness (QED) is 0.592. The van der Waals surface area contributed by atoms with E-state index in [0.717, 1.165) is 11.3 Å². The van der Waals surface area contributed by atoms with E-state index in [4.69, 9.17) is 23.2 Å². The Balaban J connectivity index is 2.01. The molecule has 7 heteroatoms. The SMILES string of the molecule is CC(C)(C)Nc1nc(Nc2ccc(Cl)cc2Cl)cc(-c2cccnc2)n1. The number of anilines is 3. The van der Waals surface area contributed by atoms with Gasteiger partial charge in [-0.2, -0.15) is 4.98 Å². The summed E-state index contributed by atoms with van der Waals surface area (Å²) < 4.78 is 0. The summed E-state index contributed by atoms with van der Waals surface area (Å²) in [6, 6.07) is 11.0. The molecule has 134 valence electrons. The van der Waals surface area contributed by atoms with Gasteiger partial charge in [-0.05, 0) is 51.1 Å². The van der Waals surface area contributed by atoms with E-state index < -0.39 is 0 Å². The van der Waals surface area contributed by atoms with Gasteiger partial charge in [0.15, 0.2) is 0 Å². The molecule has 5 nitrogen and oxygen atoms in total. The first-order valence-electron chi connectivity index (χ1n) is 8.10. The minimum atomic E-state index is -0.178. The molecule has 3 rings (SSSR count). The van der Waals surface area contributed by atoms with Crippen LogP contribution in [0.4, 0.5) is 17.5 Å². The summed E-state index contributed by atoms with van der Waals surface area (Å²) in [4.78, 5) is 13.3. The minimum Gasteiger partial charge on any atom is -0.350 e. The number of aromatic nitrogens is 3. The third kappa shape index (κ3) is 4.84. The summed E-state index contributed by atoms with van der Waals surface area (Å²) in [5.74, 6) is 1.14. The maximum absolute atomic E-state index is 6.27. The van der Waals surface area contributed by atoms with Crippen LogP contribution in [-0.4, -0.2) is 20.5 Å². The van der Waals surface area contributed by atoms with Gasteiger partial charge in [0, 0.05) is 34.6 Å². The van der Waals surface area contributed by atoms with Crippen molar-refractivity contribution < 1.29 is 0 Å². The van der Waals surface area contributed by atoms with Crippen LogP contribution in [-0.2, 0) is 0 Å². The topological polar surface area (TPSA) is 62.7 Å². The van der Waals surface area contributed by atoms with Crippen molar-refractivity contribution in [3.8, 4) is 11.3 Å². The Bertz CT molecular complexity index is 908. The van der Waals surface area contributed by atoms with E-state index in [2.05, 4.69) is 46.4 Å². The summed E-state index contributed by atoms with van der Waals surface area (Å²) in [6.07, 6.45) is 3.49. The zero-order valence-electron chi connectivity index (χ0n) is 14.7. The Morgan fingerprint density at radius 3 is 2.46 bits per heavy atom. The van der Waals surface area contributed by atoms with E-state index in [1.165, 1.54) is 0 Å². The first-order valence-corrected chi connectivity index (χ1v) is 8.85. The lowest BCUT2D eigenvalue weighted by molar-refractivity contribution is 0.626. The Morgan fingerprint density at radius 2 is 1.81 bits per heavy atom. The minimum absolute atomic E-state index is 0.178. The van der Waals surface area contributed by atoms with Crippen molar-refractivity contribution in [2.45, 2.75) is 26.3 Å². The number of nitrogens with one attached hydrogen (secondary N) is 2. The van der Waals surface area contributed by atoms with Gasteiger partial charge in [-0.25, -0.2) is 4.98 Å². The van der Waals surface area contributed by atoms with E-state index in [1.54, 1.807) is 24.5 Å². The number of rotatable bonds is 4. The molecular formula is C19H19Cl2N5. The molecule has 2 N–H and O–H groups in total. The van der Waals surface area contributed by atoms with Crippen LogP contribution in [0.2, 0.25) is 10.0 Å². The maximum atomic E-state index is 6.27. The normalized spacial score (nSPS) is 11.3. The van der Waals surface area contributed by atoms with E-state index in [9.17, 15) is 0 Å². The van der Waals surface area contributed by atoms with E-state index >= 15 is 0 Å². The Kier molecular flexibility index (Phi) is 5.30. The van der Waals surface area contributed by atoms with Crippen molar-refractivity contribution in [3.63, 3.8) is 0 Å². The number of pyridine rings is 1. The fourth-order valence-corrected chi connectivity index (χ4v) is 2.75. The average Bonchev–Trinajstić information content (AvgIpc) is 2.56. The van der Waals surface area contributed by atoms with Crippen LogP contribution < -0.4 is 10.6 Å². The molecule has 2 aromatic heterocycles. The molecule has 0 saturated heterocycles. The van der Waals surface area contributed by atoms with Crippen molar-refractivity contribution in [1.29, 1.82) is 0 Å². The molecule has 0 unspecified atom stereocenters. The Morgan fingerprint density at radius 1 is 1.00 bits per heavy atom. The van der Waals surface area contributed by atoms with Crippen LogP contribution >= 0.6 is 23.2 Å². The molecule has 2 heterocycles. The molecule has 0 saturated carbocycles. The van der Waals surface area contributed by atoms with E-state index in [0.29, 0.717) is 27.5 Å². The number of benzene rings is 1. The van der Waals surface area contributed by atoms with Crippen molar-refractivity contribution >= 4 is 40.7 Å². The van der Waals surface area contributed by atoms with Gasteiger partial charge < -0.3 is 10.6 Å². The standard InChI is InChI=1S/C19H19Cl2N5/c1-19(2,3)26-18-24-16(12-5-4-8-22-11-12)10-17(25-18)23-15-7-6-13(20)9-14(15)21/h4-11H,1-3H3,(H2,23,24,25,26). The summed E-state index contributed by atoms with van der Waals surface area (Å²) in [6.45, 7) is 6.16. The highest BCUT2D eigenvalue weighted by atomic mass is 35.5. The van der Waals surface area contributed by atoms with Crippen molar-refractivity contribution in [3.05, 3.63) is 58.8 Å². The van der Waals surface area contributed by atoms with Gasteiger partial charge in [-0.3, -0.25) is 4.98 Å². The highest BCUT2D eigenvalue weighted by Gasteiger charge is 2.14. The van der Waals surface area contributed by atoms with Crippen LogP contribution in [0.1, 0.15) is 20.8 Å². The molecule has 0 spiro atoms. The number of halogens is 2. The second-order valence-corrected chi connectivity index (χ2v) is 7.67. The molecule has 3 aromatic rings. The zero-order valence-corrected chi connectivity index (χ0v) is 16.2. The molecule has 0 bridgehead atoms. The van der Waals surface area contributed by atoms with Crippen LogP contribution in [0.15, 0.2) is 48.8 Å². The van der Waals surface area contributed by atoms with Crippen LogP contribution in [0.25, 0.3) is 11.3 Å². The monoisotopic (exact) mass is 387 g/mol. The first-order chi connectivity index (χ1) is 12.3. The molecule has 0 aliphatic rings. The van der Waals surface area contributed by atoms with Crippen LogP contribution in [0.5, 0.6) is 0 Å². The molecule has 0 aliphatic carbocycles. The third-order valence-corrected chi connectivity index (χ3v) is 3.91. The second-order valence-electron chi connectivity index (χ2n) is 6.83. The lowest BCUT2D eigenvalue weighted by Crippen LogP contribution is -2.27. The maximum Gasteiger partial charge on any atom is 0.225 e. The second kappa shape index (κ2) is 7.48. The summed E-state index contributed by atoms with van der Waals surface area (Å²) in [7, 11) is 0. The van der Waals surface area contributed by atoms with Crippen molar-refractivity contribution in [2.75, 3.05) is 10.6 Å². The smallest absolute Gasteiger partial charge is 0.225 e. The molecular weight excluding hydrogens is 369 g/mol. The van der Waals surface area contributed by atoms with Gasteiger partial charge in [0.05, 0.1) is 16.4 Å². The van der Waals surface area contributed by atoms with Crippen LogP contribution in [0, 0.1) is 0 Å². The largest absolute Gasteiger partial charge is 0.350 e. The molecule has 0 fully saturated rings. The highest BCUT2D eigenvalue weighted by molar-refractivity contribution is 6.36. The molecule has 1 aromatic carbocycles. The third-order valence-electron chi connectivity index (χ3n) is 3.36. The van der Waals surface area contributed by atoms with Crippen LogP contribution in [0.3, 0.4) is 0 Å². The van der Waals surface area contributed by atoms with E-state index in [-0.39, 0.29) is 5.54 Å². The fraction of sp³-hybridized carbons (Fsp3) is 0.211. The summed E-state index contributed by atoms with van der Waals surface area (Å²) >= 11 is 12.2.